The number of benzene rings is 5. The van der Waals surface area contributed by atoms with Crippen LogP contribution in [-0.2, 0) is 10.8 Å². The molecule has 0 bridgehead atoms. The maximum atomic E-state index is 3.79. The molecule has 0 aliphatic rings. The van der Waals surface area contributed by atoms with Gasteiger partial charge in [-0.1, -0.05) is 118 Å². The van der Waals surface area contributed by atoms with Crippen LogP contribution in [0.4, 0.5) is 0 Å². The standard InChI is InChI=1S/C30H29Br/c1-29(2,3)19-9-7-18-8-10-20-21-12-14-24-27(31)16-15-26(30(4,5)6)28(24)23(21)13-11-22(20)25(18)17-19/h7-17H,1-6H3. The summed E-state index contributed by atoms with van der Waals surface area (Å²) in [6, 6.07) is 25.2. The summed E-state index contributed by atoms with van der Waals surface area (Å²) >= 11 is 3.79. The average molecular weight is 469 g/mol. The molecule has 31 heavy (non-hydrogen) atoms. The van der Waals surface area contributed by atoms with Crippen LogP contribution < -0.4 is 0 Å². The lowest BCUT2D eigenvalue weighted by molar-refractivity contribution is 0.591. The first-order chi connectivity index (χ1) is 14.6. The largest absolute Gasteiger partial charge is 0.0579 e. The Morgan fingerprint density at radius 3 is 1.74 bits per heavy atom. The van der Waals surface area contributed by atoms with Crippen LogP contribution >= 0.6 is 15.9 Å². The van der Waals surface area contributed by atoms with E-state index in [1.807, 2.05) is 0 Å². The van der Waals surface area contributed by atoms with Crippen LogP contribution in [0.15, 0.2) is 71.2 Å². The Balaban J connectivity index is 1.94. The smallest absolute Gasteiger partial charge is 0.0254 e. The van der Waals surface area contributed by atoms with Crippen LogP contribution in [0.1, 0.15) is 52.7 Å². The maximum absolute atomic E-state index is 3.79. The highest BCUT2D eigenvalue weighted by molar-refractivity contribution is 9.10. The van der Waals surface area contributed by atoms with E-state index in [-0.39, 0.29) is 10.8 Å². The van der Waals surface area contributed by atoms with Crippen molar-refractivity contribution in [3.63, 3.8) is 0 Å². The molecule has 156 valence electrons. The molecule has 5 rings (SSSR count). The van der Waals surface area contributed by atoms with Crippen molar-refractivity contribution < 1.29 is 0 Å². The third-order valence-corrected chi connectivity index (χ3v) is 7.30. The van der Waals surface area contributed by atoms with E-state index < -0.39 is 0 Å². The topological polar surface area (TPSA) is 0 Å². The molecule has 0 unspecified atom stereocenters. The Bertz CT molecular complexity index is 1490. The zero-order valence-electron chi connectivity index (χ0n) is 19.2. The van der Waals surface area contributed by atoms with Crippen molar-refractivity contribution in [2.24, 2.45) is 0 Å². The lowest BCUT2D eigenvalue weighted by atomic mass is 9.81. The average Bonchev–Trinajstić information content (AvgIpc) is 2.71. The Morgan fingerprint density at radius 1 is 0.516 bits per heavy atom. The van der Waals surface area contributed by atoms with Gasteiger partial charge in [-0.3, -0.25) is 0 Å². The Morgan fingerprint density at radius 2 is 1.06 bits per heavy atom. The minimum Gasteiger partial charge on any atom is -0.0579 e. The van der Waals surface area contributed by atoms with Crippen molar-refractivity contribution in [1.82, 2.24) is 0 Å². The van der Waals surface area contributed by atoms with Crippen molar-refractivity contribution in [3.05, 3.63) is 82.3 Å². The Hall–Kier alpha value is -2.38. The van der Waals surface area contributed by atoms with Crippen LogP contribution in [0.2, 0.25) is 0 Å². The predicted molar refractivity (Wildman–Crippen MR) is 142 cm³/mol. The first-order valence-electron chi connectivity index (χ1n) is 11.1. The molecule has 0 saturated heterocycles. The molecule has 0 amide bonds. The quantitative estimate of drug-likeness (QED) is 0.198. The van der Waals surface area contributed by atoms with E-state index in [4.69, 9.17) is 0 Å². The van der Waals surface area contributed by atoms with Gasteiger partial charge in [-0.25, -0.2) is 0 Å². The second kappa shape index (κ2) is 6.81. The molecule has 0 aliphatic carbocycles. The third kappa shape index (κ3) is 3.26. The molecule has 0 heterocycles. The fraction of sp³-hybridized carbons (Fsp3) is 0.267. The molecule has 0 N–H and O–H groups in total. The number of hydrogen-bond acceptors (Lipinski definition) is 0. The third-order valence-electron chi connectivity index (χ3n) is 6.61. The summed E-state index contributed by atoms with van der Waals surface area (Å²) in [6.07, 6.45) is 0. The normalized spacial score (nSPS) is 13.0. The summed E-state index contributed by atoms with van der Waals surface area (Å²) in [4.78, 5) is 0. The van der Waals surface area contributed by atoms with Gasteiger partial charge in [-0.2, -0.15) is 0 Å². The van der Waals surface area contributed by atoms with Gasteiger partial charge in [0.2, 0.25) is 0 Å². The fourth-order valence-corrected chi connectivity index (χ4v) is 5.32. The van der Waals surface area contributed by atoms with E-state index in [0.29, 0.717) is 0 Å². The highest BCUT2D eigenvalue weighted by Crippen LogP contribution is 2.41. The lowest BCUT2D eigenvalue weighted by Crippen LogP contribution is -2.11. The number of halogens is 1. The zero-order valence-corrected chi connectivity index (χ0v) is 20.8. The number of hydrogen-bond donors (Lipinski definition) is 0. The first-order valence-corrected chi connectivity index (χ1v) is 11.9. The van der Waals surface area contributed by atoms with Gasteiger partial charge in [0.1, 0.15) is 0 Å². The molecular formula is C30H29Br. The molecule has 0 aromatic heterocycles. The lowest BCUT2D eigenvalue weighted by Gasteiger charge is -2.23. The summed E-state index contributed by atoms with van der Waals surface area (Å²) in [5, 5.41) is 10.6. The SMILES string of the molecule is CC(C)(C)c1ccc2ccc3c(ccc4c3ccc3c(Br)ccc(C(C)(C)C)c34)c2c1. The van der Waals surface area contributed by atoms with Crippen LogP contribution in [0.25, 0.3) is 43.1 Å². The maximum Gasteiger partial charge on any atom is 0.0254 e. The number of fused-ring (bicyclic) bond motifs is 7. The van der Waals surface area contributed by atoms with Crippen molar-refractivity contribution in [2.45, 2.75) is 52.4 Å². The monoisotopic (exact) mass is 468 g/mol. The molecule has 5 aromatic rings. The minimum absolute atomic E-state index is 0.0766. The Labute approximate surface area is 193 Å². The molecule has 0 saturated carbocycles. The van der Waals surface area contributed by atoms with Gasteiger partial charge in [0, 0.05) is 4.47 Å². The summed E-state index contributed by atoms with van der Waals surface area (Å²) in [5.74, 6) is 0. The summed E-state index contributed by atoms with van der Waals surface area (Å²) in [5.41, 5.74) is 2.99. The molecular weight excluding hydrogens is 440 g/mol. The van der Waals surface area contributed by atoms with Gasteiger partial charge < -0.3 is 0 Å². The van der Waals surface area contributed by atoms with Gasteiger partial charge in [0.05, 0.1) is 0 Å². The molecule has 5 aromatic carbocycles. The molecule has 0 radical (unpaired) electrons. The molecule has 1 heteroatoms. The summed E-state index contributed by atoms with van der Waals surface area (Å²) < 4.78 is 1.16. The van der Waals surface area contributed by atoms with Crippen molar-refractivity contribution >= 4 is 59.0 Å². The second-order valence-corrected chi connectivity index (χ2v) is 11.7. The van der Waals surface area contributed by atoms with Crippen LogP contribution in [0, 0.1) is 0 Å². The van der Waals surface area contributed by atoms with E-state index in [2.05, 4.69) is 124 Å². The molecule has 0 atom stereocenters. The van der Waals surface area contributed by atoms with Gasteiger partial charge in [-0.15, -0.1) is 0 Å². The van der Waals surface area contributed by atoms with Gasteiger partial charge in [0.15, 0.2) is 0 Å². The highest BCUT2D eigenvalue weighted by atomic mass is 79.9. The first kappa shape index (κ1) is 20.5. The van der Waals surface area contributed by atoms with Crippen molar-refractivity contribution in [1.29, 1.82) is 0 Å². The van der Waals surface area contributed by atoms with E-state index in [0.717, 1.165) is 4.47 Å². The van der Waals surface area contributed by atoms with Crippen molar-refractivity contribution in [2.75, 3.05) is 0 Å². The second-order valence-electron chi connectivity index (χ2n) is 10.8. The van der Waals surface area contributed by atoms with Gasteiger partial charge in [0.25, 0.3) is 0 Å². The van der Waals surface area contributed by atoms with Crippen molar-refractivity contribution in [3.8, 4) is 0 Å². The predicted octanol–water partition coefficient (Wildman–Crippen LogP) is 9.66. The van der Waals surface area contributed by atoms with Crippen LogP contribution in [-0.4, -0.2) is 0 Å². The number of rotatable bonds is 0. The zero-order chi connectivity index (χ0) is 22.1. The molecule has 0 nitrogen and oxygen atoms in total. The van der Waals surface area contributed by atoms with Crippen LogP contribution in [0.5, 0.6) is 0 Å². The van der Waals surface area contributed by atoms with Crippen LogP contribution in [0.3, 0.4) is 0 Å². The fourth-order valence-electron chi connectivity index (χ4n) is 4.86. The molecule has 0 fully saturated rings. The summed E-state index contributed by atoms with van der Waals surface area (Å²) in [6.45, 7) is 13.8. The van der Waals surface area contributed by atoms with Gasteiger partial charge >= 0.3 is 0 Å². The van der Waals surface area contributed by atoms with E-state index >= 15 is 0 Å². The van der Waals surface area contributed by atoms with E-state index in [9.17, 15) is 0 Å². The molecule has 0 spiro atoms. The van der Waals surface area contributed by atoms with E-state index in [1.165, 1.54) is 54.2 Å². The minimum atomic E-state index is 0.0766. The Kier molecular flexibility index (Phi) is 4.51. The van der Waals surface area contributed by atoms with E-state index in [1.54, 1.807) is 0 Å². The summed E-state index contributed by atoms with van der Waals surface area (Å²) in [7, 11) is 0. The highest BCUT2D eigenvalue weighted by Gasteiger charge is 2.20. The molecule has 0 aliphatic heterocycles. The van der Waals surface area contributed by atoms with Gasteiger partial charge in [-0.05, 0) is 71.1 Å².